The Hall–Kier alpha value is -3.73. The molecule has 0 saturated carbocycles. The van der Waals surface area contributed by atoms with Crippen LogP contribution in [0.5, 0.6) is 0 Å². The predicted molar refractivity (Wildman–Crippen MR) is 118 cm³/mol. The van der Waals surface area contributed by atoms with Gasteiger partial charge in [0.15, 0.2) is 0 Å². The van der Waals surface area contributed by atoms with Gasteiger partial charge in [-0.15, -0.1) is 0 Å². The van der Waals surface area contributed by atoms with Gasteiger partial charge in [0.2, 0.25) is 5.91 Å². The number of amides is 1. The minimum Gasteiger partial charge on any atom is -0.351 e. The molecule has 1 heterocycles. The van der Waals surface area contributed by atoms with Gasteiger partial charge in [-0.3, -0.25) is 14.2 Å². The van der Waals surface area contributed by atoms with Crippen LogP contribution in [0, 0.1) is 0 Å². The van der Waals surface area contributed by atoms with E-state index in [4.69, 9.17) is 0 Å². The Morgan fingerprint density at radius 2 is 1.47 bits per heavy atom. The van der Waals surface area contributed by atoms with Gasteiger partial charge in [0.1, 0.15) is 6.54 Å². The molecular formula is C25H23N3O2. The highest BCUT2D eigenvalue weighted by atomic mass is 16.2. The highest BCUT2D eigenvalue weighted by molar-refractivity contribution is 5.79. The fourth-order valence-corrected chi connectivity index (χ4v) is 3.85. The summed E-state index contributed by atoms with van der Waals surface area (Å²) in [4.78, 5) is 29.7. The molecule has 3 aromatic carbocycles. The first kappa shape index (κ1) is 19.6. The van der Waals surface area contributed by atoms with E-state index in [1.807, 2.05) is 49.4 Å². The highest BCUT2D eigenvalue weighted by Crippen LogP contribution is 2.27. The molecule has 1 atom stereocenters. The first-order chi connectivity index (χ1) is 14.6. The first-order valence-electron chi connectivity index (χ1n) is 9.97. The second-order valence-corrected chi connectivity index (χ2v) is 7.35. The molecule has 1 unspecified atom stereocenters. The van der Waals surface area contributed by atoms with E-state index in [0.717, 1.165) is 11.1 Å². The van der Waals surface area contributed by atoms with Crippen LogP contribution < -0.4 is 10.9 Å². The molecule has 1 amide bonds. The van der Waals surface area contributed by atoms with Gasteiger partial charge >= 0.3 is 0 Å². The molecule has 30 heavy (non-hydrogen) atoms. The standard InChI is InChI=1S/C25H23N3O2/c1-18(24(19-10-4-2-5-11-19)20-12-6-3-7-13-20)27-23(29)16-28-17-26-22-15-9-8-14-21(22)25(28)30/h2-15,17-18,24H,16H2,1H3,(H,27,29). The average molecular weight is 397 g/mol. The normalized spacial score (nSPS) is 12.1. The molecule has 0 spiro atoms. The van der Waals surface area contributed by atoms with Crippen molar-refractivity contribution >= 4 is 16.8 Å². The zero-order chi connectivity index (χ0) is 20.9. The highest BCUT2D eigenvalue weighted by Gasteiger charge is 2.23. The lowest BCUT2D eigenvalue weighted by Gasteiger charge is -2.26. The van der Waals surface area contributed by atoms with Crippen molar-refractivity contribution in [3.8, 4) is 0 Å². The Morgan fingerprint density at radius 3 is 2.10 bits per heavy atom. The van der Waals surface area contributed by atoms with E-state index in [2.05, 4.69) is 34.6 Å². The fourth-order valence-electron chi connectivity index (χ4n) is 3.85. The monoisotopic (exact) mass is 397 g/mol. The third kappa shape index (κ3) is 4.15. The van der Waals surface area contributed by atoms with Gasteiger partial charge in [0, 0.05) is 12.0 Å². The molecule has 0 aliphatic carbocycles. The molecule has 0 saturated heterocycles. The molecule has 150 valence electrons. The number of hydrogen-bond donors (Lipinski definition) is 1. The molecule has 0 radical (unpaired) electrons. The number of hydrogen-bond acceptors (Lipinski definition) is 3. The lowest BCUT2D eigenvalue weighted by atomic mass is 9.86. The maximum Gasteiger partial charge on any atom is 0.261 e. The molecule has 0 aliphatic heterocycles. The Labute approximate surface area is 175 Å². The summed E-state index contributed by atoms with van der Waals surface area (Å²) in [7, 11) is 0. The maximum atomic E-state index is 12.8. The Kier molecular flexibility index (Phi) is 5.70. The van der Waals surface area contributed by atoms with Crippen LogP contribution in [0.25, 0.3) is 10.9 Å². The minimum atomic E-state index is -0.224. The smallest absolute Gasteiger partial charge is 0.261 e. The van der Waals surface area contributed by atoms with Crippen molar-refractivity contribution in [3.05, 3.63) is 113 Å². The zero-order valence-electron chi connectivity index (χ0n) is 16.7. The number of aromatic nitrogens is 2. The third-order valence-corrected chi connectivity index (χ3v) is 5.25. The lowest BCUT2D eigenvalue weighted by molar-refractivity contribution is -0.122. The molecule has 0 fully saturated rings. The summed E-state index contributed by atoms with van der Waals surface area (Å²) in [5.74, 6) is -0.221. The van der Waals surface area contributed by atoms with E-state index in [1.165, 1.54) is 10.9 Å². The van der Waals surface area contributed by atoms with Gasteiger partial charge in [0.05, 0.1) is 17.2 Å². The molecule has 5 heteroatoms. The van der Waals surface area contributed by atoms with Gasteiger partial charge in [-0.1, -0.05) is 72.8 Å². The van der Waals surface area contributed by atoms with E-state index >= 15 is 0 Å². The van der Waals surface area contributed by atoms with Gasteiger partial charge in [-0.05, 0) is 30.2 Å². The fraction of sp³-hybridized carbons (Fsp3) is 0.160. The lowest BCUT2D eigenvalue weighted by Crippen LogP contribution is -2.40. The molecule has 1 N–H and O–H groups in total. The molecular weight excluding hydrogens is 374 g/mol. The molecule has 4 aromatic rings. The number of benzene rings is 3. The van der Waals surface area contributed by atoms with E-state index in [0.29, 0.717) is 10.9 Å². The maximum absolute atomic E-state index is 12.8. The Morgan fingerprint density at radius 1 is 0.900 bits per heavy atom. The first-order valence-corrected chi connectivity index (χ1v) is 9.97. The third-order valence-electron chi connectivity index (χ3n) is 5.25. The van der Waals surface area contributed by atoms with Crippen molar-refractivity contribution in [2.75, 3.05) is 0 Å². The van der Waals surface area contributed by atoms with Crippen molar-refractivity contribution in [1.29, 1.82) is 0 Å². The number of rotatable bonds is 6. The number of fused-ring (bicyclic) bond motifs is 1. The summed E-state index contributed by atoms with van der Waals surface area (Å²) in [5.41, 5.74) is 2.66. The summed E-state index contributed by atoms with van der Waals surface area (Å²) in [6, 6.07) is 27.2. The minimum absolute atomic E-state index is 0.00259. The largest absolute Gasteiger partial charge is 0.351 e. The van der Waals surface area contributed by atoms with Crippen molar-refractivity contribution in [2.24, 2.45) is 0 Å². The van der Waals surface area contributed by atoms with Crippen LogP contribution in [-0.4, -0.2) is 21.5 Å². The molecule has 4 rings (SSSR count). The molecule has 5 nitrogen and oxygen atoms in total. The van der Waals surface area contributed by atoms with Crippen LogP contribution in [0.15, 0.2) is 96.1 Å². The quantitative estimate of drug-likeness (QED) is 0.539. The Balaban J connectivity index is 1.56. The van der Waals surface area contributed by atoms with Crippen LogP contribution in [0.3, 0.4) is 0 Å². The molecule has 0 bridgehead atoms. The number of nitrogens with zero attached hydrogens (tertiary/aromatic N) is 2. The van der Waals surface area contributed by atoms with Gasteiger partial charge < -0.3 is 5.32 Å². The van der Waals surface area contributed by atoms with Crippen LogP contribution >= 0.6 is 0 Å². The van der Waals surface area contributed by atoms with Crippen LogP contribution in [0.1, 0.15) is 24.0 Å². The Bertz CT molecular complexity index is 1160. The summed E-state index contributed by atoms with van der Waals surface area (Å²) in [5, 5.41) is 3.58. The number of carbonyl (C=O) groups excluding carboxylic acids is 1. The van der Waals surface area contributed by atoms with Gasteiger partial charge in [0.25, 0.3) is 5.56 Å². The summed E-state index contributed by atoms with van der Waals surface area (Å²) >= 11 is 0. The second-order valence-electron chi connectivity index (χ2n) is 7.35. The number of para-hydroxylation sites is 1. The predicted octanol–water partition coefficient (Wildman–Crippen LogP) is 3.73. The number of nitrogens with one attached hydrogen (secondary N) is 1. The molecule has 0 aliphatic rings. The molecule has 1 aromatic heterocycles. The van der Waals surface area contributed by atoms with E-state index in [-0.39, 0.29) is 30.0 Å². The van der Waals surface area contributed by atoms with Crippen molar-refractivity contribution in [1.82, 2.24) is 14.9 Å². The van der Waals surface area contributed by atoms with Gasteiger partial charge in [-0.2, -0.15) is 0 Å². The van der Waals surface area contributed by atoms with Crippen LogP contribution in [-0.2, 0) is 11.3 Å². The second kappa shape index (κ2) is 8.74. The SMILES string of the molecule is CC(NC(=O)Cn1cnc2ccccc2c1=O)C(c1ccccc1)c1ccccc1. The van der Waals surface area contributed by atoms with E-state index in [1.54, 1.807) is 18.2 Å². The van der Waals surface area contributed by atoms with E-state index in [9.17, 15) is 9.59 Å². The van der Waals surface area contributed by atoms with Crippen molar-refractivity contribution < 1.29 is 4.79 Å². The topological polar surface area (TPSA) is 64.0 Å². The van der Waals surface area contributed by atoms with E-state index < -0.39 is 0 Å². The average Bonchev–Trinajstić information content (AvgIpc) is 2.77. The summed E-state index contributed by atoms with van der Waals surface area (Å²) < 4.78 is 1.35. The number of carbonyl (C=O) groups is 1. The van der Waals surface area contributed by atoms with Crippen molar-refractivity contribution in [2.45, 2.75) is 25.4 Å². The zero-order valence-corrected chi connectivity index (χ0v) is 16.7. The van der Waals surface area contributed by atoms with Crippen LogP contribution in [0.4, 0.5) is 0 Å². The summed E-state index contributed by atoms with van der Waals surface area (Å²) in [6.45, 7) is 1.92. The summed E-state index contributed by atoms with van der Waals surface area (Å²) in [6.07, 6.45) is 1.43. The van der Waals surface area contributed by atoms with Crippen molar-refractivity contribution in [3.63, 3.8) is 0 Å². The van der Waals surface area contributed by atoms with Crippen LogP contribution in [0.2, 0.25) is 0 Å². The van der Waals surface area contributed by atoms with Gasteiger partial charge in [-0.25, -0.2) is 4.98 Å².